The van der Waals surface area contributed by atoms with Crippen molar-refractivity contribution in [3.05, 3.63) is 59.7 Å². The number of carbonyl (C=O) groups is 2. The van der Waals surface area contributed by atoms with Crippen molar-refractivity contribution in [2.24, 2.45) is 5.73 Å². The van der Waals surface area contributed by atoms with E-state index in [-0.39, 0.29) is 23.4 Å². The summed E-state index contributed by atoms with van der Waals surface area (Å²) in [5, 5.41) is 25.3. The molecule has 1 heterocycles. The van der Waals surface area contributed by atoms with Gasteiger partial charge in [-0.25, -0.2) is 9.59 Å². The third-order valence-corrected chi connectivity index (χ3v) is 5.31. The molecule has 0 aliphatic carbocycles. The lowest BCUT2D eigenvalue weighted by Gasteiger charge is -2.35. The maximum atomic E-state index is 10.3. The minimum atomic E-state index is -1.33. The van der Waals surface area contributed by atoms with Gasteiger partial charge in [0.1, 0.15) is 5.75 Å². The van der Waals surface area contributed by atoms with Crippen LogP contribution in [0.2, 0.25) is 0 Å². The first-order valence-electron chi connectivity index (χ1n) is 10.1. The van der Waals surface area contributed by atoms with E-state index in [9.17, 15) is 9.90 Å². The Kier molecular flexibility index (Phi) is 12.8. The van der Waals surface area contributed by atoms with Crippen LogP contribution in [0.5, 0.6) is 5.75 Å². The van der Waals surface area contributed by atoms with Gasteiger partial charge in [-0.05, 0) is 74.8 Å². The molecule has 2 aromatic rings. The van der Waals surface area contributed by atoms with Crippen molar-refractivity contribution >= 4 is 30.2 Å². The molecule has 1 atom stereocenters. The fourth-order valence-electron chi connectivity index (χ4n) is 3.71. The number of likely N-dealkylation sites (N-methyl/N-ethyl adjacent to an activating group) is 1. The summed E-state index contributed by atoms with van der Waals surface area (Å²) >= 11 is 0. The van der Waals surface area contributed by atoms with Crippen LogP contribution in [0.1, 0.15) is 48.5 Å². The second kappa shape index (κ2) is 14.2. The highest BCUT2D eigenvalue weighted by atomic mass is 35.5. The van der Waals surface area contributed by atoms with Crippen LogP contribution in [-0.2, 0) is 5.41 Å². The number of carboxylic acid groups (broad SMARTS) is 2. The summed E-state index contributed by atoms with van der Waals surface area (Å²) in [5.41, 5.74) is 11.7. The van der Waals surface area contributed by atoms with E-state index < -0.39 is 12.1 Å². The number of nitrogens with two attached hydrogens (primary N) is 2. The van der Waals surface area contributed by atoms with E-state index >= 15 is 0 Å². The SMILES string of the molecule is CCC1(c2cccc(O)c2)CCCCN(C)C1.Cl.NC(=O)O.Nc1ccc(C(=O)O)cc1. The maximum Gasteiger partial charge on any atom is 0.402 e. The smallest absolute Gasteiger partial charge is 0.402 e. The molecule has 1 unspecified atom stereocenters. The van der Waals surface area contributed by atoms with E-state index in [1.54, 1.807) is 18.2 Å². The number of aromatic carboxylic acids is 1. The van der Waals surface area contributed by atoms with Crippen LogP contribution < -0.4 is 11.5 Å². The van der Waals surface area contributed by atoms with Crippen LogP contribution >= 0.6 is 12.4 Å². The van der Waals surface area contributed by atoms with Crippen molar-refractivity contribution in [2.75, 3.05) is 25.9 Å². The molecule has 0 saturated carbocycles. The number of nitrogen functional groups attached to an aromatic ring is 1. The lowest BCUT2D eigenvalue weighted by molar-refractivity contribution is 0.0697. The molecule has 9 heteroatoms. The Bertz CT molecular complexity index is 844. The molecule has 1 aliphatic heterocycles. The number of nitrogens with zero attached hydrogens (tertiary/aromatic N) is 1. The number of hydrogen-bond acceptors (Lipinski definition) is 5. The van der Waals surface area contributed by atoms with Gasteiger partial charge in [0, 0.05) is 17.6 Å². The number of phenolic OH excluding ortho intramolecular Hbond substituents is 1. The fraction of sp³-hybridized carbons (Fsp3) is 0.391. The number of hydrogen-bond donors (Lipinski definition) is 5. The fourth-order valence-corrected chi connectivity index (χ4v) is 3.71. The summed E-state index contributed by atoms with van der Waals surface area (Å²) in [6.45, 7) is 4.57. The number of carboxylic acids is 1. The van der Waals surface area contributed by atoms with Crippen molar-refractivity contribution in [3.63, 3.8) is 0 Å². The van der Waals surface area contributed by atoms with Gasteiger partial charge in [0.25, 0.3) is 0 Å². The van der Waals surface area contributed by atoms with Crippen molar-refractivity contribution in [1.29, 1.82) is 0 Å². The lowest BCUT2D eigenvalue weighted by Crippen LogP contribution is -2.37. The van der Waals surface area contributed by atoms with Crippen LogP contribution in [0.25, 0.3) is 0 Å². The second-order valence-corrected chi connectivity index (χ2v) is 7.64. The van der Waals surface area contributed by atoms with Crippen LogP contribution in [0.15, 0.2) is 48.5 Å². The van der Waals surface area contributed by atoms with Gasteiger partial charge in [-0.1, -0.05) is 25.5 Å². The number of likely N-dealkylation sites (tertiary alicyclic amines) is 1. The number of phenols is 1. The minimum absolute atomic E-state index is 0. The molecule has 2 aromatic carbocycles. The zero-order valence-electron chi connectivity index (χ0n) is 18.5. The van der Waals surface area contributed by atoms with Gasteiger partial charge in [0.2, 0.25) is 0 Å². The predicted octanol–water partition coefficient (Wildman–Crippen LogP) is 4.17. The lowest BCUT2D eigenvalue weighted by atomic mass is 9.74. The van der Waals surface area contributed by atoms with E-state index in [0.29, 0.717) is 11.4 Å². The standard InChI is InChI=1S/C15H23NO.C7H7NO2.CH3NO2.ClH/c1-3-15(9-4-5-10-16(2)12-15)13-7-6-8-14(17)11-13;8-6-3-1-5(2-4-6)7(9)10;2-1(3)4;/h6-8,11,17H,3-5,9-10,12H2,1-2H3;1-4H,8H2,(H,9,10);2H2,(H,3,4);1H. The highest BCUT2D eigenvalue weighted by Crippen LogP contribution is 2.37. The largest absolute Gasteiger partial charge is 0.508 e. The van der Waals surface area contributed by atoms with Gasteiger partial charge in [0.15, 0.2) is 0 Å². The summed E-state index contributed by atoms with van der Waals surface area (Å²) in [6, 6.07) is 13.9. The van der Waals surface area contributed by atoms with Crippen LogP contribution in [0.3, 0.4) is 0 Å². The third-order valence-electron chi connectivity index (χ3n) is 5.31. The average molecular weight is 468 g/mol. The molecule has 0 radical (unpaired) electrons. The number of aromatic hydroxyl groups is 1. The zero-order valence-corrected chi connectivity index (χ0v) is 19.3. The summed E-state index contributed by atoms with van der Waals surface area (Å²) in [4.78, 5) is 21.5. The van der Waals surface area contributed by atoms with Crippen LogP contribution in [-0.4, -0.2) is 52.4 Å². The highest BCUT2D eigenvalue weighted by molar-refractivity contribution is 5.87. The summed E-state index contributed by atoms with van der Waals surface area (Å²) in [6.07, 6.45) is 3.61. The van der Waals surface area contributed by atoms with Gasteiger partial charge < -0.3 is 31.7 Å². The first-order valence-corrected chi connectivity index (χ1v) is 10.1. The van der Waals surface area contributed by atoms with Crippen molar-refractivity contribution in [1.82, 2.24) is 4.90 Å². The third kappa shape index (κ3) is 9.89. The van der Waals surface area contributed by atoms with Crippen LogP contribution in [0.4, 0.5) is 10.5 Å². The molecule has 178 valence electrons. The van der Waals surface area contributed by atoms with Gasteiger partial charge >= 0.3 is 12.1 Å². The molecule has 32 heavy (non-hydrogen) atoms. The highest BCUT2D eigenvalue weighted by Gasteiger charge is 2.33. The quantitative estimate of drug-likeness (QED) is 0.425. The molecule has 3 rings (SSSR count). The number of halogens is 1. The molecule has 0 spiro atoms. The van der Waals surface area contributed by atoms with E-state index in [0.717, 1.165) is 13.0 Å². The Labute approximate surface area is 195 Å². The maximum absolute atomic E-state index is 10.3. The molecule has 1 fully saturated rings. The van der Waals surface area contributed by atoms with Crippen LogP contribution in [0, 0.1) is 0 Å². The monoisotopic (exact) mass is 467 g/mol. The number of primary amides is 1. The second-order valence-electron chi connectivity index (χ2n) is 7.64. The summed E-state index contributed by atoms with van der Waals surface area (Å²) in [5.74, 6) is -0.540. The molecule has 0 bridgehead atoms. The Morgan fingerprint density at radius 2 is 1.69 bits per heavy atom. The van der Waals surface area contributed by atoms with Crippen molar-refractivity contribution in [3.8, 4) is 5.75 Å². The van der Waals surface area contributed by atoms with Gasteiger partial charge in [-0.2, -0.15) is 0 Å². The Morgan fingerprint density at radius 3 is 2.19 bits per heavy atom. The van der Waals surface area contributed by atoms with Gasteiger partial charge in [-0.3, -0.25) is 0 Å². The molecular formula is C23H34ClN3O5. The first-order chi connectivity index (χ1) is 14.6. The van der Waals surface area contributed by atoms with Crippen molar-refractivity contribution < 1.29 is 24.9 Å². The summed E-state index contributed by atoms with van der Waals surface area (Å²) in [7, 11) is 2.21. The Hall–Kier alpha value is -2.97. The molecule has 1 amide bonds. The number of anilines is 1. The number of amides is 1. The normalized spacial score (nSPS) is 17.8. The van der Waals surface area contributed by atoms with Gasteiger partial charge in [0.05, 0.1) is 5.56 Å². The topological polar surface area (TPSA) is 150 Å². The average Bonchev–Trinajstić information content (AvgIpc) is 2.90. The van der Waals surface area contributed by atoms with E-state index in [2.05, 4.69) is 30.7 Å². The Balaban J connectivity index is 0.000000546. The van der Waals surface area contributed by atoms with E-state index in [1.165, 1.54) is 43.5 Å². The predicted molar refractivity (Wildman–Crippen MR) is 129 cm³/mol. The molecular weight excluding hydrogens is 434 g/mol. The van der Waals surface area contributed by atoms with E-state index in [4.69, 9.17) is 20.7 Å². The number of benzene rings is 2. The van der Waals surface area contributed by atoms with Crippen molar-refractivity contribution in [2.45, 2.75) is 38.0 Å². The van der Waals surface area contributed by atoms with E-state index in [1.807, 2.05) is 12.1 Å². The van der Waals surface area contributed by atoms with Gasteiger partial charge in [-0.15, -0.1) is 12.4 Å². The molecule has 1 saturated heterocycles. The first kappa shape index (κ1) is 29.0. The minimum Gasteiger partial charge on any atom is -0.508 e. The summed E-state index contributed by atoms with van der Waals surface area (Å²) < 4.78 is 0. The zero-order chi connectivity index (χ0) is 23.4. The number of rotatable bonds is 3. The Morgan fingerprint density at radius 1 is 1.09 bits per heavy atom. The molecule has 1 aliphatic rings. The molecule has 7 N–H and O–H groups in total. The molecule has 0 aromatic heterocycles. The molecule has 8 nitrogen and oxygen atoms in total.